The Bertz CT molecular complexity index is 652. The van der Waals surface area contributed by atoms with Gasteiger partial charge in [0.2, 0.25) is 0 Å². The van der Waals surface area contributed by atoms with E-state index in [9.17, 15) is 4.79 Å². The van der Waals surface area contributed by atoms with Gasteiger partial charge in [0.15, 0.2) is 0 Å². The standard InChI is InChI=1S/C17H17NO3S/c19-16(20-12-13-5-2-1-3-6-13)14-7-4-8-15(11-14)21-17-18-9-10-22-17/h1-2,4,7-11,13H,3,5-6,12H2. The number of nitrogens with zero attached hydrogens (tertiary/aromatic N) is 1. The van der Waals surface area contributed by atoms with Crippen LogP contribution in [-0.2, 0) is 4.74 Å². The second kappa shape index (κ2) is 7.22. The molecule has 1 aromatic carbocycles. The van der Waals surface area contributed by atoms with Gasteiger partial charge in [-0.05, 0) is 43.4 Å². The lowest BCUT2D eigenvalue weighted by Gasteiger charge is -2.17. The third-order valence-corrected chi connectivity index (χ3v) is 4.16. The van der Waals surface area contributed by atoms with Crippen LogP contribution in [0.5, 0.6) is 10.9 Å². The minimum absolute atomic E-state index is 0.306. The fraction of sp³-hybridized carbons (Fsp3) is 0.294. The maximum atomic E-state index is 12.1. The molecule has 22 heavy (non-hydrogen) atoms. The smallest absolute Gasteiger partial charge is 0.338 e. The summed E-state index contributed by atoms with van der Waals surface area (Å²) in [5.41, 5.74) is 0.500. The number of carbonyl (C=O) groups excluding carboxylic acids is 1. The van der Waals surface area contributed by atoms with Crippen LogP contribution in [-0.4, -0.2) is 17.6 Å². The van der Waals surface area contributed by atoms with E-state index in [1.165, 1.54) is 11.3 Å². The lowest BCUT2D eigenvalue weighted by Crippen LogP contribution is -2.15. The molecule has 0 N–H and O–H groups in total. The molecule has 0 spiro atoms. The number of allylic oxidation sites excluding steroid dienone is 2. The molecular weight excluding hydrogens is 298 g/mol. The summed E-state index contributed by atoms with van der Waals surface area (Å²) < 4.78 is 11.0. The van der Waals surface area contributed by atoms with Gasteiger partial charge in [-0.3, -0.25) is 0 Å². The number of hydrogen-bond donors (Lipinski definition) is 0. The molecule has 1 aliphatic carbocycles. The van der Waals surface area contributed by atoms with Crippen molar-refractivity contribution in [3.05, 3.63) is 53.6 Å². The maximum absolute atomic E-state index is 12.1. The Labute approximate surface area is 133 Å². The highest BCUT2D eigenvalue weighted by molar-refractivity contribution is 7.11. The predicted octanol–water partition coefficient (Wildman–Crippen LogP) is 4.45. The van der Waals surface area contributed by atoms with Crippen molar-refractivity contribution in [2.75, 3.05) is 6.61 Å². The molecule has 1 unspecified atom stereocenters. The quantitative estimate of drug-likeness (QED) is 0.604. The molecule has 0 bridgehead atoms. The van der Waals surface area contributed by atoms with Crippen molar-refractivity contribution >= 4 is 17.3 Å². The van der Waals surface area contributed by atoms with Gasteiger partial charge in [-0.2, -0.15) is 0 Å². The van der Waals surface area contributed by atoms with E-state index in [4.69, 9.17) is 9.47 Å². The molecule has 2 aromatic rings. The molecule has 0 saturated carbocycles. The van der Waals surface area contributed by atoms with E-state index >= 15 is 0 Å². The van der Waals surface area contributed by atoms with E-state index in [1.807, 2.05) is 5.38 Å². The van der Waals surface area contributed by atoms with E-state index in [-0.39, 0.29) is 5.97 Å². The fourth-order valence-corrected chi connectivity index (χ4v) is 2.84. The monoisotopic (exact) mass is 315 g/mol. The zero-order valence-corrected chi connectivity index (χ0v) is 12.9. The van der Waals surface area contributed by atoms with Crippen LogP contribution in [0.1, 0.15) is 29.6 Å². The molecule has 0 radical (unpaired) electrons. The molecule has 3 rings (SSSR count). The summed E-state index contributed by atoms with van der Waals surface area (Å²) >= 11 is 1.41. The van der Waals surface area contributed by atoms with Crippen LogP contribution < -0.4 is 4.74 Å². The van der Waals surface area contributed by atoms with Gasteiger partial charge in [0.25, 0.3) is 5.19 Å². The van der Waals surface area contributed by atoms with Crippen molar-refractivity contribution in [3.8, 4) is 10.9 Å². The van der Waals surface area contributed by atoms with Crippen LogP contribution in [0.2, 0.25) is 0 Å². The Morgan fingerprint density at radius 2 is 2.32 bits per heavy atom. The summed E-state index contributed by atoms with van der Waals surface area (Å²) in [6, 6.07) is 7.00. The first-order chi connectivity index (χ1) is 10.8. The number of carbonyl (C=O) groups is 1. The van der Waals surface area contributed by atoms with Crippen molar-refractivity contribution in [2.24, 2.45) is 5.92 Å². The van der Waals surface area contributed by atoms with Crippen LogP contribution >= 0.6 is 11.3 Å². The van der Waals surface area contributed by atoms with E-state index in [1.54, 1.807) is 30.5 Å². The summed E-state index contributed by atoms with van der Waals surface area (Å²) in [4.78, 5) is 16.2. The normalized spacial score (nSPS) is 17.2. The van der Waals surface area contributed by atoms with Crippen LogP contribution in [0, 0.1) is 5.92 Å². The zero-order valence-electron chi connectivity index (χ0n) is 12.1. The molecule has 1 aromatic heterocycles. The van der Waals surface area contributed by atoms with Crippen LogP contribution in [0.25, 0.3) is 0 Å². The average molecular weight is 315 g/mol. The topological polar surface area (TPSA) is 48.4 Å². The Hall–Kier alpha value is -2.14. The highest BCUT2D eigenvalue weighted by atomic mass is 32.1. The van der Waals surface area contributed by atoms with Crippen LogP contribution in [0.15, 0.2) is 48.0 Å². The van der Waals surface area contributed by atoms with E-state index < -0.39 is 0 Å². The first-order valence-electron chi connectivity index (χ1n) is 7.31. The van der Waals surface area contributed by atoms with Crippen LogP contribution in [0.3, 0.4) is 0 Å². The lowest BCUT2D eigenvalue weighted by atomic mass is 9.95. The molecule has 0 aliphatic heterocycles. The van der Waals surface area contributed by atoms with Gasteiger partial charge in [0.1, 0.15) is 5.75 Å². The first kappa shape index (κ1) is 14.8. The molecule has 0 fully saturated rings. The first-order valence-corrected chi connectivity index (χ1v) is 8.19. The summed E-state index contributed by atoms with van der Waals surface area (Å²) in [5, 5.41) is 2.39. The van der Waals surface area contributed by atoms with Gasteiger partial charge < -0.3 is 9.47 Å². The second-order valence-electron chi connectivity index (χ2n) is 5.18. The average Bonchev–Trinajstić information content (AvgIpc) is 3.07. The van der Waals surface area contributed by atoms with Crippen molar-refractivity contribution in [1.29, 1.82) is 0 Å². The molecule has 1 heterocycles. The van der Waals surface area contributed by atoms with Gasteiger partial charge in [0.05, 0.1) is 12.2 Å². The Morgan fingerprint density at radius 1 is 1.36 bits per heavy atom. The molecule has 5 heteroatoms. The summed E-state index contributed by atoms with van der Waals surface area (Å²) in [6.07, 6.45) is 9.15. The van der Waals surface area contributed by atoms with Crippen molar-refractivity contribution in [1.82, 2.24) is 4.98 Å². The Morgan fingerprint density at radius 3 is 3.09 bits per heavy atom. The third-order valence-electron chi connectivity index (χ3n) is 3.51. The molecule has 0 amide bonds. The van der Waals surface area contributed by atoms with E-state index in [0.29, 0.717) is 29.0 Å². The maximum Gasteiger partial charge on any atom is 0.338 e. The summed E-state index contributed by atoms with van der Waals surface area (Å²) in [7, 11) is 0. The molecule has 114 valence electrons. The van der Waals surface area contributed by atoms with Gasteiger partial charge in [-0.1, -0.05) is 29.6 Å². The number of hydrogen-bond acceptors (Lipinski definition) is 5. The van der Waals surface area contributed by atoms with Crippen LogP contribution in [0.4, 0.5) is 0 Å². The van der Waals surface area contributed by atoms with Crippen molar-refractivity contribution < 1.29 is 14.3 Å². The molecule has 4 nitrogen and oxygen atoms in total. The second-order valence-corrected chi connectivity index (χ2v) is 6.03. The Balaban J connectivity index is 1.58. The fourth-order valence-electron chi connectivity index (χ4n) is 2.33. The number of rotatable bonds is 5. The molecule has 1 atom stereocenters. The molecule has 1 aliphatic rings. The zero-order chi connectivity index (χ0) is 15.2. The van der Waals surface area contributed by atoms with Gasteiger partial charge >= 0.3 is 5.97 Å². The molecule has 0 saturated heterocycles. The lowest BCUT2D eigenvalue weighted by molar-refractivity contribution is 0.0432. The highest BCUT2D eigenvalue weighted by Crippen LogP contribution is 2.24. The minimum Gasteiger partial charge on any atom is -0.462 e. The van der Waals surface area contributed by atoms with E-state index in [0.717, 1.165) is 19.3 Å². The number of esters is 1. The van der Waals surface area contributed by atoms with Gasteiger partial charge in [-0.25, -0.2) is 9.78 Å². The van der Waals surface area contributed by atoms with Gasteiger partial charge in [-0.15, -0.1) is 0 Å². The number of aromatic nitrogens is 1. The summed E-state index contributed by atoms with van der Waals surface area (Å²) in [6.45, 7) is 0.473. The Kier molecular flexibility index (Phi) is 4.85. The number of thiazole rings is 1. The van der Waals surface area contributed by atoms with Gasteiger partial charge in [0, 0.05) is 11.6 Å². The van der Waals surface area contributed by atoms with Crippen molar-refractivity contribution in [2.45, 2.75) is 19.3 Å². The highest BCUT2D eigenvalue weighted by Gasteiger charge is 2.14. The molecular formula is C17H17NO3S. The number of benzene rings is 1. The van der Waals surface area contributed by atoms with Crippen molar-refractivity contribution in [3.63, 3.8) is 0 Å². The van der Waals surface area contributed by atoms with E-state index in [2.05, 4.69) is 17.1 Å². The number of ether oxygens (including phenoxy) is 2. The SMILES string of the molecule is O=C(OCC1CC=CCC1)c1cccc(Oc2nccs2)c1. The third kappa shape index (κ3) is 3.95. The predicted molar refractivity (Wildman–Crippen MR) is 85.4 cm³/mol. The summed E-state index contributed by atoms with van der Waals surface area (Å²) in [5.74, 6) is 0.716. The largest absolute Gasteiger partial charge is 0.462 e. The minimum atomic E-state index is -0.306.